The fourth-order valence-electron chi connectivity index (χ4n) is 2.52. The Kier molecular flexibility index (Phi) is 5.92. The summed E-state index contributed by atoms with van der Waals surface area (Å²) in [6.45, 7) is 5.60. The average Bonchev–Trinajstić information content (AvgIpc) is 2.55. The Hall–Kier alpha value is -1.91. The summed E-state index contributed by atoms with van der Waals surface area (Å²) in [7, 11) is 1.63. The van der Waals surface area contributed by atoms with Crippen molar-refractivity contribution in [2.45, 2.75) is 39.2 Å². The van der Waals surface area contributed by atoms with E-state index < -0.39 is 0 Å². The molecule has 0 saturated carbocycles. The lowest BCUT2D eigenvalue weighted by atomic mass is 10.0. The number of carbonyl (C=O) groups excluding carboxylic acids is 1. The van der Waals surface area contributed by atoms with Crippen LogP contribution < -0.4 is 14.8 Å². The largest absolute Gasteiger partial charge is 0.497 e. The van der Waals surface area contributed by atoms with Crippen LogP contribution in [0.4, 0.5) is 4.79 Å². The monoisotopic (exact) mass is 307 g/mol. The predicted molar refractivity (Wildman–Crippen MR) is 84.4 cm³/mol. The molecule has 2 rings (SSSR count). The SMILES string of the molecule is CCC(CC)COc1cc(OC)ccc1C1CCNC(=O)O1. The van der Waals surface area contributed by atoms with Crippen molar-refractivity contribution in [2.75, 3.05) is 20.3 Å². The number of nitrogens with one attached hydrogen (secondary N) is 1. The minimum atomic E-state index is -0.377. The molecular formula is C17H25NO4. The average molecular weight is 307 g/mol. The number of hydrogen-bond donors (Lipinski definition) is 1. The molecule has 1 amide bonds. The Morgan fingerprint density at radius 1 is 1.36 bits per heavy atom. The lowest BCUT2D eigenvalue weighted by molar-refractivity contribution is 0.0716. The van der Waals surface area contributed by atoms with Crippen LogP contribution >= 0.6 is 0 Å². The van der Waals surface area contributed by atoms with Gasteiger partial charge in [-0.3, -0.25) is 0 Å². The zero-order valence-corrected chi connectivity index (χ0v) is 13.6. The predicted octanol–water partition coefficient (Wildman–Crippen LogP) is 3.68. The third-order valence-electron chi connectivity index (χ3n) is 4.12. The van der Waals surface area contributed by atoms with Crippen LogP contribution in [-0.4, -0.2) is 26.4 Å². The molecule has 1 unspecified atom stereocenters. The van der Waals surface area contributed by atoms with Crippen LogP contribution in [0, 0.1) is 5.92 Å². The molecule has 1 aromatic carbocycles. The molecule has 5 heteroatoms. The van der Waals surface area contributed by atoms with Gasteiger partial charge in [-0.25, -0.2) is 4.79 Å². The minimum Gasteiger partial charge on any atom is -0.497 e. The van der Waals surface area contributed by atoms with E-state index in [1.54, 1.807) is 7.11 Å². The van der Waals surface area contributed by atoms with E-state index in [-0.39, 0.29) is 12.2 Å². The Balaban J connectivity index is 2.18. The van der Waals surface area contributed by atoms with Crippen LogP contribution in [-0.2, 0) is 4.74 Å². The van der Waals surface area contributed by atoms with Crippen molar-refractivity contribution in [2.24, 2.45) is 5.92 Å². The van der Waals surface area contributed by atoms with Gasteiger partial charge in [0.05, 0.1) is 13.7 Å². The molecule has 1 fully saturated rings. The van der Waals surface area contributed by atoms with Crippen molar-refractivity contribution in [3.05, 3.63) is 23.8 Å². The molecule has 0 aromatic heterocycles. The summed E-state index contributed by atoms with van der Waals surface area (Å²) in [5, 5.41) is 2.67. The van der Waals surface area contributed by atoms with E-state index in [2.05, 4.69) is 19.2 Å². The minimum absolute atomic E-state index is 0.267. The zero-order chi connectivity index (χ0) is 15.9. The van der Waals surface area contributed by atoms with Crippen LogP contribution in [0.15, 0.2) is 18.2 Å². The molecule has 0 aliphatic carbocycles. The van der Waals surface area contributed by atoms with Crippen molar-refractivity contribution < 1.29 is 19.0 Å². The number of methoxy groups -OCH3 is 1. The highest BCUT2D eigenvalue weighted by Crippen LogP contribution is 2.34. The Morgan fingerprint density at radius 2 is 2.14 bits per heavy atom. The van der Waals surface area contributed by atoms with Gasteiger partial charge in [-0.2, -0.15) is 0 Å². The first-order valence-electron chi connectivity index (χ1n) is 7.93. The van der Waals surface area contributed by atoms with Crippen LogP contribution in [0.25, 0.3) is 0 Å². The van der Waals surface area contributed by atoms with Crippen molar-refractivity contribution >= 4 is 6.09 Å². The van der Waals surface area contributed by atoms with E-state index in [4.69, 9.17) is 14.2 Å². The summed E-state index contributed by atoms with van der Waals surface area (Å²) in [4.78, 5) is 11.4. The summed E-state index contributed by atoms with van der Waals surface area (Å²) < 4.78 is 16.7. The van der Waals surface area contributed by atoms with Crippen LogP contribution in [0.5, 0.6) is 11.5 Å². The maximum absolute atomic E-state index is 11.4. The smallest absolute Gasteiger partial charge is 0.407 e. The normalized spacial score (nSPS) is 17.8. The van der Waals surface area contributed by atoms with E-state index in [0.29, 0.717) is 19.1 Å². The highest BCUT2D eigenvalue weighted by Gasteiger charge is 2.25. The van der Waals surface area contributed by atoms with E-state index in [0.717, 1.165) is 36.3 Å². The van der Waals surface area contributed by atoms with Gasteiger partial charge in [0.1, 0.15) is 17.6 Å². The maximum Gasteiger partial charge on any atom is 0.407 e. The second-order valence-corrected chi connectivity index (χ2v) is 5.51. The Bertz CT molecular complexity index is 499. The van der Waals surface area contributed by atoms with Crippen molar-refractivity contribution in [1.29, 1.82) is 0 Å². The number of carbonyl (C=O) groups is 1. The van der Waals surface area contributed by atoms with Gasteiger partial charge < -0.3 is 19.5 Å². The van der Waals surface area contributed by atoms with Gasteiger partial charge in [0.15, 0.2) is 0 Å². The molecule has 1 heterocycles. The second-order valence-electron chi connectivity index (χ2n) is 5.51. The van der Waals surface area contributed by atoms with Gasteiger partial charge >= 0.3 is 6.09 Å². The van der Waals surface area contributed by atoms with Gasteiger partial charge in [-0.15, -0.1) is 0 Å². The first-order chi connectivity index (χ1) is 10.7. The molecule has 1 aliphatic heterocycles. The highest BCUT2D eigenvalue weighted by molar-refractivity contribution is 5.68. The number of rotatable bonds is 7. The van der Waals surface area contributed by atoms with Crippen LogP contribution in [0.2, 0.25) is 0 Å². The summed E-state index contributed by atoms with van der Waals surface area (Å²) in [5.74, 6) is 2.00. The standard InChI is InChI=1S/C17H25NO4/c1-4-12(5-2)11-21-16-10-13(20-3)6-7-14(16)15-8-9-18-17(19)22-15/h6-7,10,12,15H,4-5,8-9,11H2,1-3H3,(H,18,19). The molecule has 122 valence electrons. The number of amides is 1. The molecule has 5 nitrogen and oxygen atoms in total. The first-order valence-corrected chi connectivity index (χ1v) is 7.93. The van der Waals surface area contributed by atoms with Gasteiger partial charge in [0, 0.05) is 24.6 Å². The third kappa shape index (κ3) is 4.06. The highest BCUT2D eigenvalue weighted by atomic mass is 16.6. The first kappa shape index (κ1) is 16.5. The molecular weight excluding hydrogens is 282 g/mol. The number of ether oxygens (including phenoxy) is 3. The second kappa shape index (κ2) is 7.92. The van der Waals surface area contributed by atoms with E-state index in [1.807, 2.05) is 18.2 Å². The fraction of sp³-hybridized carbons (Fsp3) is 0.588. The lowest BCUT2D eigenvalue weighted by Crippen LogP contribution is -2.34. The summed E-state index contributed by atoms with van der Waals surface area (Å²) >= 11 is 0. The molecule has 1 saturated heterocycles. The lowest BCUT2D eigenvalue weighted by Gasteiger charge is -2.26. The van der Waals surface area contributed by atoms with Crippen molar-refractivity contribution in [3.8, 4) is 11.5 Å². The fourth-order valence-corrected chi connectivity index (χ4v) is 2.52. The van der Waals surface area contributed by atoms with Crippen molar-refractivity contribution in [1.82, 2.24) is 5.32 Å². The zero-order valence-electron chi connectivity index (χ0n) is 13.6. The van der Waals surface area contributed by atoms with Gasteiger partial charge in [0.2, 0.25) is 0 Å². The summed E-state index contributed by atoms with van der Waals surface area (Å²) in [5.41, 5.74) is 0.904. The molecule has 0 radical (unpaired) electrons. The Morgan fingerprint density at radius 3 is 2.77 bits per heavy atom. The molecule has 1 N–H and O–H groups in total. The van der Waals surface area contributed by atoms with Gasteiger partial charge in [-0.05, 0) is 18.1 Å². The number of hydrogen-bond acceptors (Lipinski definition) is 4. The molecule has 22 heavy (non-hydrogen) atoms. The van der Waals surface area contributed by atoms with E-state index in [9.17, 15) is 4.79 Å². The van der Waals surface area contributed by atoms with Crippen molar-refractivity contribution in [3.63, 3.8) is 0 Å². The van der Waals surface area contributed by atoms with Crippen LogP contribution in [0.1, 0.15) is 44.8 Å². The molecule has 0 spiro atoms. The summed E-state index contributed by atoms with van der Waals surface area (Å²) in [6, 6.07) is 5.66. The number of cyclic esters (lactones) is 1. The van der Waals surface area contributed by atoms with Gasteiger partial charge in [0.25, 0.3) is 0 Å². The maximum atomic E-state index is 11.4. The molecule has 0 bridgehead atoms. The van der Waals surface area contributed by atoms with E-state index in [1.165, 1.54) is 0 Å². The molecule has 1 aromatic rings. The molecule has 1 aliphatic rings. The Labute approximate surface area is 131 Å². The number of alkyl carbamates (subject to hydrolysis) is 1. The quantitative estimate of drug-likeness (QED) is 0.835. The van der Waals surface area contributed by atoms with Gasteiger partial charge in [-0.1, -0.05) is 26.7 Å². The van der Waals surface area contributed by atoms with E-state index >= 15 is 0 Å². The molecule has 1 atom stereocenters. The van der Waals surface area contributed by atoms with Crippen LogP contribution in [0.3, 0.4) is 0 Å². The third-order valence-corrected chi connectivity index (χ3v) is 4.12. The topological polar surface area (TPSA) is 56.8 Å². The summed E-state index contributed by atoms with van der Waals surface area (Å²) in [6.07, 6.45) is 2.25. The number of benzene rings is 1.